The molecule has 2 aliphatic rings. The Morgan fingerprint density at radius 2 is 2.03 bits per heavy atom. The van der Waals surface area contributed by atoms with Gasteiger partial charge in [0, 0.05) is 24.8 Å². The molecule has 2 aliphatic heterocycles. The Morgan fingerprint density at radius 1 is 1.29 bits per heavy atom. The summed E-state index contributed by atoms with van der Waals surface area (Å²) >= 11 is 0. The van der Waals surface area contributed by atoms with Crippen LogP contribution in [0.5, 0.6) is 0 Å². The Kier molecular flexibility index (Phi) is 4.65. The molecule has 0 aliphatic carbocycles. The third kappa shape index (κ3) is 3.26. The van der Waals surface area contributed by atoms with E-state index in [1.54, 1.807) is 24.3 Å². The first-order chi connectivity index (χ1) is 14.7. The van der Waals surface area contributed by atoms with Crippen molar-refractivity contribution in [3.8, 4) is 6.07 Å². The number of hydrogen-bond donors (Lipinski definition) is 2. The summed E-state index contributed by atoms with van der Waals surface area (Å²) in [6, 6.07) is 8.27. The number of nitriles is 1. The van der Waals surface area contributed by atoms with Gasteiger partial charge in [-0.15, -0.1) is 0 Å². The minimum atomic E-state index is -4.77. The smallest absolute Gasteiger partial charge is 0.325 e. The first-order valence-electron chi connectivity index (χ1n) is 9.11. The zero-order valence-corrected chi connectivity index (χ0v) is 15.7. The molecule has 2 atom stereocenters. The van der Waals surface area contributed by atoms with Gasteiger partial charge >= 0.3 is 18.0 Å². The number of fused-ring (bicyclic) bond motifs is 2. The van der Waals surface area contributed by atoms with Crippen LogP contribution in [0.3, 0.4) is 0 Å². The van der Waals surface area contributed by atoms with Crippen LogP contribution < -0.4 is 10.6 Å². The van der Waals surface area contributed by atoms with Crippen LogP contribution in [0.15, 0.2) is 42.7 Å². The van der Waals surface area contributed by atoms with Crippen LogP contribution in [-0.4, -0.2) is 40.2 Å². The van der Waals surface area contributed by atoms with Crippen molar-refractivity contribution in [3.63, 3.8) is 0 Å². The molecule has 0 saturated carbocycles. The number of anilines is 2. The number of rotatable bonds is 1. The molecule has 158 valence electrons. The molecule has 1 fully saturated rings. The Balaban J connectivity index is 1.61. The van der Waals surface area contributed by atoms with E-state index < -0.39 is 46.6 Å². The molecular weight excluding hydrogens is 415 g/mol. The van der Waals surface area contributed by atoms with Gasteiger partial charge in [0.05, 0.1) is 28.9 Å². The second kappa shape index (κ2) is 7.09. The average Bonchev–Trinajstić information content (AvgIpc) is 3.26. The highest BCUT2D eigenvalue weighted by Gasteiger charge is 2.56. The molecule has 3 amide bonds. The standard InChI is InChI=1S/C20H14F3N5O3/c21-20(22,23)13-5-6-25-9-15(13)26-16(29)17(30)28-10-19(7-11(28)8-24)12-3-1-2-4-14(12)27-18(19)31/h1-6,9,11H,7,10H2,(H,26,29)(H,27,31)/t11-,19-/m0/s1. The summed E-state index contributed by atoms with van der Waals surface area (Å²) in [4.78, 5) is 42.4. The maximum atomic E-state index is 13.1. The van der Waals surface area contributed by atoms with Gasteiger partial charge in [-0.05, 0) is 17.7 Å². The molecule has 31 heavy (non-hydrogen) atoms. The van der Waals surface area contributed by atoms with Gasteiger partial charge in [0.1, 0.15) is 6.04 Å². The number of carbonyl (C=O) groups is 3. The molecule has 1 saturated heterocycles. The fourth-order valence-corrected chi connectivity index (χ4v) is 4.02. The minimum Gasteiger partial charge on any atom is -0.325 e. The molecule has 2 N–H and O–H groups in total. The lowest BCUT2D eigenvalue weighted by molar-refractivity contribution is -0.143. The summed E-state index contributed by atoms with van der Waals surface area (Å²) in [5.41, 5.74) is -1.91. The number of benzene rings is 1. The molecule has 1 aromatic carbocycles. The summed E-state index contributed by atoms with van der Waals surface area (Å²) in [5.74, 6) is -2.98. The summed E-state index contributed by atoms with van der Waals surface area (Å²) in [6.45, 7) is -0.251. The second-order valence-corrected chi connectivity index (χ2v) is 7.24. The Labute approximate surface area is 173 Å². The van der Waals surface area contributed by atoms with Crippen molar-refractivity contribution in [1.82, 2.24) is 9.88 Å². The van der Waals surface area contributed by atoms with Crippen LogP contribution in [0, 0.1) is 11.3 Å². The van der Waals surface area contributed by atoms with Crippen LogP contribution >= 0.6 is 0 Å². The summed E-state index contributed by atoms with van der Waals surface area (Å²) < 4.78 is 39.4. The van der Waals surface area contributed by atoms with E-state index in [0.29, 0.717) is 17.3 Å². The van der Waals surface area contributed by atoms with Crippen LogP contribution in [0.4, 0.5) is 24.5 Å². The number of amides is 3. The van der Waals surface area contributed by atoms with Crippen molar-refractivity contribution in [3.05, 3.63) is 53.9 Å². The quantitative estimate of drug-likeness (QED) is 0.674. The van der Waals surface area contributed by atoms with Crippen molar-refractivity contribution in [2.75, 3.05) is 17.2 Å². The average molecular weight is 429 g/mol. The van der Waals surface area contributed by atoms with Gasteiger partial charge in [-0.25, -0.2) is 0 Å². The minimum absolute atomic E-state index is 0.0357. The molecule has 4 rings (SSSR count). The number of aromatic nitrogens is 1. The van der Waals surface area contributed by atoms with Gasteiger partial charge in [-0.2, -0.15) is 18.4 Å². The summed E-state index contributed by atoms with van der Waals surface area (Å²) in [7, 11) is 0. The maximum Gasteiger partial charge on any atom is 0.418 e. The first-order valence-corrected chi connectivity index (χ1v) is 9.11. The van der Waals surface area contributed by atoms with Crippen LogP contribution in [0.1, 0.15) is 17.5 Å². The number of para-hydroxylation sites is 1. The van der Waals surface area contributed by atoms with Gasteiger partial charge in [0.2, 0.25) is 5.91 Å². The predicted octanol–water partition coefficient (Wildman–Crippen LogP) is 2.05. The van der Waals surface area contributed by atoms with Gasteiger partial charge < -0.3 is 15.5 Å². The first kappa shape index (κ1) is 20.3. The third-order valence-electron chi connectivity index (χ3n) is 5.46. The highest BCUT2D eigenvalue weighted by Crippen LogP contribution is 2.46. The molecule has 0 unspecified atom stereocenters. The van der Waals surface area contributed by atoms with Crippen molar-refractivity contribution < 1.29 is 27.6 Å². The topological polar surface area (TPSA) is 115 Å². The number of alkyl halides is 3. The fourth-order valence-electron chi connectivity index (χ4n) is 4.02. The van der Waals surface area contributed by atoms with E-state index in [4.69, 9.17) is 0 Å². The molecular formula is C20H14F3N5O3. The largest absolute Gasteiger partial charge is 0.418 e. The number of nitrogens with one attached hydrogen (secondary N) is 2. The van der Waals surface area contributed by atoms with Gasteiger partial charge in [-0.1, -0.05) is 18.2 Å². The summed E-state index contributed by atoms with van der Waals surface area (Å²) in [5, 5.41) is 14.2. The Hall–Kier alpha value is -3.94. The van der Waals surface area contributed by atoms with E-state index in [1.165, 1.54) is 0 Å². The number of nitrogens with zero attached hydrogens (tertiary/aromatic N) is 3. The van der Waals surface area contributed by atoms with E-state index in [2.05, 4.69) is 10.3 Å². The molecule has 3 heterocycles. The lowest BCUT2D eigenvalue weighted by Gasteiger charge is -2.22. The molecule has 0 radical (unpaired) electrons. The molecule has 1 aromatic heterocycles. The molecule has 2 aromatic rings. The second-order valence-electron chi connectivity index (χ2n) is 7.24. The van der Waals surface area contributed by atoms with Crippen LogP contribution in [0.2, 0.25) is 0 Å². The van der Waals surface area contributed by atoms with Gasteiger partial charge in [0.15, 0.2) is 0 Å². The normalized spacial score (nSPS) is 22.1. The van der Waals surface area contributed by atoms with E-state index >= 15 is 0 Å². The number of hydrogen-bond acceptors (Lipinski definition) is 5. The van der Waals surface area contributed by atoms with E-state index in [0.717, 1.165) is 17.3 Å². The summed E-state index contributed by atoms with van der Waals surface area (Å²) in [6.07, 6.45) is -3.12. The fraction of sp³-hybridized carbons (Fsp3) is 0.250. The van der Waals surface area contributed by atoms with Crippen molar-refractivity contribution in [2.45, 2.75) is 24.1 Å². The molecule has 11 heteroatoms. The number of pyridine rings is 1. The molecule has 8 nitrogen and oxygen atoms in total. The lowest BCUT2D eigenvalue weighted by atomic mass is 9.80. The Morgan fingerprint density at radius 3 is 2.74 bits per heavy atom. The van der Waals surface area contributed by atoms with Gasteiger partial charge in [-0.3, -0.25) is 19.4 Å². The van der Waals surface area contributed by atoms with Crippen molar-refractivity contribution >= 4 is 29.1 Å². The Bertz CT molecular complexity index is 1140. The third-order valence-corrected chi connectivity index (χ3v) is 5.46. The van der Waals surface area contributed by atoms with Crippen molar-refractivity contribution in [2.24, 2.45) is 0 Å². The van der Waals surface area contributed by atoms with Crippen molar-refractivity contribution in [1.29, 1.82) is 5.26 Å². The maximum absolute atomic E-state index is 13.1. The van der Waals surface area contributed by atoms with E-state index in [1.807, 2.05) is 11.4 Å². The number of carbonyl (C=O) groups excluding carboxylic acids is 3. The monoisotopic (exact) mass is 429 g/mol. The van der Waals surface area contributed by atoms with E-state index in [-0.39, 0.29) is 13.0 Å². The van der Waals surface area contributed by atoms with Crippen LogP contribution in [0.25, 0.3) is 0 Å². The lowest BCUT2D eigenvalue weighted by Crippen LogP contribution is -2.44. The zero-order valence-electron chi connectivity index (χ0n) is 15.7. The predicted molar refractivity (Wildman–Crippen MR) is 100 cm³/mol. The number of likely N-dealkylation sites (tertiary alicyclic amines) is 1. The van der Waals surface area contributed by atoms with Crippen LogP contribution in [-0.2, 0) is 26.0 Å². The zero-order chi connectivity index (χ0) is 22.4. The molecule has 1 spiro atoms. The van der Waals surface area contributed by atoms with Gasteiger partial charge in [0.25, 0.3) is 0 Å². The highest BCUT2D eigenvalue weighted by molar-refractivity contribution is 6.40. The molecule has 0 bridgehead atoms. The van der Waals surface area contributed by atoms with E-state index in [9.17, 15) is 32.8 Å². The number of halogens is 3. The highest BCUT2D eigenvalue weighted by atomic mass is 19.4. The SMILES string of the molecule is N#C[C@@H]1C[C@@]2(CN1C(=O)C(=O)Nc1cnccc1C(F)(F)F)C(=O)Nc1ccccc12.